The zero-order valence-electron chi connectivity index (χ0n) is 14.9. The van der Waals surface area contributed by atoms with Crippen molar-refractivity contribution in [2.75, 3.05) is 18.4 Å². The van der Waals surface area contributed by atoms with Crippen molar-refractivity contribution in [3.8, 4) is 17.2 Å². The van der Waals surface area contributed by atoms with Gasteiger partial charge < -0.3 is 19.8 Å². The van der Waals surface area contributed by atoms with Gasteiger partial charge in [-0.2, -0.15) is 8.78 Å². The number of alkyl halides is 2. The maximum absolute atomic E-state index is 14.5. The van der Waals surface area contributed by atoms with Gasteiger partial charge >= 0.3 is 12.4 Å². The van der Waals surface area contributed by atoms with Crippen molar-refractivity contribution in [2.45, 2.75) is 32.9 Å². The van der Waals surface area contributed by atoms with Gasteiger partial charge in [0.1, 0.15) is 0 Å². The van der Waals surface area contributed by atoms with Crippen molar-refractivity contribution in [1.29, 1.82) is 0 Å². The van der Waals surface area contributed by atoms with Gasteiger partial charge in [0.2, 0.25) is 5.89 Å². The first kappa shape index (κ1) is 19.3. The number of hydrogen-bond acceptors (Lipinski definition) is 6. The molecule has 3 rings (SSSR count). The van der Waals surface area contributed by atoms with Crippen molar-refractivity contribution in [3.05, 3.63) is 28.5 Å². The standard InChI is InChI=1S/C17H21F3N4O3/c1-8-7-21-4-3-11(8)9(2)22-13-6-10(15-23-24-17(25)27-15)5-12(18)14(13)26-16(19)20/h5-6,8-9,11,16,21-22H,3-4,7H2,1-2H3,(H,24,25)/t8-,9?,11+/m1/s1. The third kappa shape index (κ3) is 4.44. The summed E-state index contributed by atoms with van der Waals surface area (Å²) in [5, 5.41) is 12.1. The Morgan fingerprint density at radius 2 is 2.19 bits per heavy atom. The van der Waals surface area contributed by atoms with Gasteiger partial charge in [-0.05, 0) is 50.4 Å². The second-order valence-electron chi connectivity index (χ2n) is 6.70. The van der Waals surface area contributed by atoms with E-state index < -0.39 is 23.9 Å². The molecule has 10 heteroatoms. The van der Waals surface area contributed by atoms with Crippen LogP contribution in [0, 0.1) is 17.7 Å². The Balaban J connectivity index is 1.94. The molecule has 2 heterocycles. The molecule has 1 aliphatic rings. The van der Waals surface area contributed by atoms with Crippen molar-refractivity contribution in [1.82, 2.24) is 15.5 Å². The number of anilines is 1. The number of ether oxygens (including phenoxy) is 1. The molecule has 0 spiro atoms. The summed E-state index contributed by atoms with van der Waals surface area (Å²) in [4.78, 5) is 11.1. The molecule has 0 radical (unpaired) electrons. The number of hydrogen-bond donors (Lipinski definition) is 3. The number of benzene rings is 1. The van der Waals surface area contributed by atoms with Crippen LogP contribution < -0.4 is 21.1 Å². The third-order valence-corrected chi connectivity index (χ3v) is 4.81. The fraction of sp³-hybridized carbons (Fsp3) is 0.529. The largest absolute Gasteiger partial charge is 0.434 e. The minimum absolute atomic E-state index is 0.0502. The fourth-order valence-electron chi connectivity index (χ4n) is 3.52. The quantitative estimate of drug-likeness (QED) is 0.707. The van der Waals surface area contributed by atoms with Crippen molar-refractivity contribution in [3.63, 3.8) is 0 Å². The lowest BCUT2D eigenvalue weighted by Gasteiger charge is -2.35. The zero-order chi connectivity index (χ0) is 19.6. The van der Waals surface area contributed by atoms with Gasteiger partial charge in [0.05, 0.1) is 5.69 Å². The van der Waals surface area contributed by atoms with E-state index in [1.807, 2.05) is 6.92 Å². The predicted molar refractivity (Wildman–Crippen MR) is 92.4 cm³/mol. The Bertz CT molecular complexity index is 839. The number of H-pyrrole nitrogens is 1. The minimum Gasteiger partial charge on any atom is -0.429 e. The fourth-order valence-corrected chi connectivity index (χ4v) is 3.52. The van der Waals surface area contributed by atoms with Crippen LogP contribution in [0.1, 0.15) is 20.3 Å². The topological polar surface area (TPSA) is 92.2 Å². The van der Waals surface area contributed by atoms with Gasteiger partial charge in [-0.15, -0.1) is 5.10 Å². The highest BCUT2D eigenvalue weighted by molar-refractivity contribution is 5.68. The molecule has 7 nitrogen and oxygen atoms in total. The molecule has 1 aromatic carbocycles. The number of aromatic nitrogens is 2. The van der Waals surface area contributed by atoms with Crippen LogP contribution >= 0.6 is 0 Å². The van der Waals surface area contributed by atoms with E-state index in [1.165, 1.54) is 6.07 Å². The molecule has 148 valence electrons. The lowest BCUT2D eigenvalue weighted by atomic mass is 9.82. The van der Waals surface area contributed by atoms with Crippen LogP contribution in [0.15, 0.2) is 21.3 Å². The molecule has 27 heavy (non-hydrogen) atoms. The Labute approximate surface area is 153 Å². The molecular formula is C17H21F3N4O3. The molecule has 1 aromatic heterocycles. The summed E-state index contributed by atoms with van der Waals surface area (Å²) >= 11 is 0. The van der Waals surface area contributed by atoms with E-state index in [9.17, 15) is 18.0 Å². The number of halogens is 3. The lowest BCUT2D eigenvalue weighted by molar-refractivity contribution is -0.0517. The van der Waals surface area contributed by atoms with Crippen LogP contribution in [0.3, 0.4) is 0 Å². The maximum atomic E-state index is 14.5. The average Bonchev–Trinajstić information content (AvgIpc) is 3.04. The van der Waals surface area contributed by atoms with Gasteiger partial charge in [0.15, 0.2) is 11.6 Å². The molecule has 1 aliphatic heterocycles. The van der Waals surface area contributed by atoms with Gasteiger partial charge in [0, 0.05) is 11.6 Å². The molecule has 0 amide bonds. The van der Waals surface area contributed by atoms with E-state index in [4.69, 9.17) is 4.42 Å². The number of rotatable bonds is 6. The number of nitrogens with zero attached hydrogens (tertiary/aromatic N) is 1. The molecule has 1 saturated heterocycles. The highest BCUT2D eigenvalue weighted by Gasteiger charge is 2.28. The summed E-state index contributed by atoms with van der Waals surface area (Å²) in [6.07, 6.45) is 0.900. The van der Waals surface area contributed by atoms with Crippen LogP contribution in [0.5, 0.6) is 5.75 Å². The van der Waals surface area contributed by atoms with Crippen molar-refractivity contribution >= 4 is 5.69 Å². The highest BCUT2D eigenvalue weighted by atomic mass is 19.3. The molecular weight excluding hydrogens is 365 g/mol. The molecule has 3 atom stereocenters. The summed E-state index contributed by atoms with van der Waals surface area (Å²) in [5.41, 5.74) is 0.176. The molecule has 1 fully saturated rings. The van der Waals surface area contributed by atoms with Crippen molar-refractivity contribution in [2.24, 2.45) is 11.8 Å². The first-order valence-electron chi connectivity index (χ1n) is 8.66. The minimum atomic E-state index is -3.18. The molecule has 2 aromatic rings. The molecule has 3 N–H and O–H groups in total. The van der Waals surface area contributed by atoms with Crippen molar-refractivity contribution < 1.29 is 22.3 Å². The number of nitrogens with one attached hydrogen (secondary N) is 3. The normalized spacial score (nSPS) is 21.3. The second-order valence-corrected chi connectivity index (χ2v) is 6.70. The first-order chi connectivity index (χ1) is 12.8. The summed E-state index contributed by atoms with van der Waals surface area (Å²) < 4.78 is 49.2. The predicted octanol–water partition coefficient (Wildman–Crippen LogP) is 2.82. The van der Waals surface area contributed by atoms with Crippen LogP contribution in [0.25, 0.3) is 11.5 Å². The summed E-state index contributed by atoms with van der Waals surface area (Å²) in [6, 6.07) is 2.19. The Morgan fingerprint density at radius 3 is 2.81 bits per heavy atom. The second kappa shape index (κ2) is 8.03. The molecule has 0 aliphatic carbocycles. The van der Waals surface area contributed by atoms with E-state index >= 15 is 0 Å². The number of piperidine rings is 1. The molecule has 0 bridgehead atoms. The molecule has 0 saturated carbocycles. The van der Waals surface area contributed by atoms with E-state index in [0.717, 1.165) is 25.6 Å². The van der Waals surface area contributed by atoms with E-state index in [1.54, 1.807) is 0 Å². The van der Waals surface area contributed by atoms with Crippen LogP contribution in [-0.4, -0.2) is 35.9 Å². The van der Waals surface area contributed by atoms with E-state index in [2.05, 4.69) is 32.5 Å². The number of aromatic amines is 1. The Morgan fingerprint density at radius 1 is 1.41 bits per heavy atom. The zero-order valence-corrected chi connectivity index (χ0v) is 14.9. The third-order valence-electron chi connectivity index (χ3n) is 4.81. The smallest absolute Gasteiger partial charge is 0.429 e. The van der Waals surface area contributed by atoms with Crippen LogP contribution in [0.2, 0.25) is 0 Å². The summed E-state index contributed by atoms with van der Waals surface area (Å²) in [6.45, 7) is 2.54. The van der Waals surface area contributed by atoms with Crippen LogP contribution in [0.4, 0.5) is 18.9 Å². The molecule has 1 unspecified atom stereocenters. The Hall–Kier alpha value is -2.49. The first-order valence-corrected chi connectivity index (χ1v) is 8.66. The lowest BCUT2D eigenvalue weighted by Crippen LogP contribution is -2.42. The summed E-state index contributed by atoms with van der Waals surface area (Å²) in [5.74, 6) is -1.91. The van der Waals surface area contributed by atoms with Gasteiger partial charge in [-0.3, -0.25) is 0 Å². The van der Waals surface area contributed by atoms with E-state index in [0.29, 0.717) is 5.92 Å². The highest BCUT2D eigenvalue weighted by Crippen LogP contribution is 2.36. The SMILES string of the molecule is CC(Nc1cc(-c2n[nH]c(=O)o2)cc(F)c1OC(F)F)[C@H]1CCNC[C@H]1C. The van der Waals surface area contributed by atoms with Crippen LogP contribution in [-0.2, 0) is 0 Å². The monoisotopic (exact) mass is 386 g/mol. The van der Waals surface area contributed by atoms with Gasteiger partial charge in [-0.25, -0.2) is 14.3 Å². The van der Waals surface area contributed by atoms with Gasteiger partial charge in [-0.1, -0.05) is 6.92 Å². The van der Waals surface area contributed by atoms with Gasteiger partial charge in [0.25, 0.3) is 0 Å². The average molecular weight is 386 g/mol. The Kier molecular flexibility index (Phi) is 5.73. The van der Waals surface area contributed by atoms with E-state index in [-0.39, 0.29) is 29.1 Å². The maximum Gasteiger partial charge on any atom is 0.434 e. The summed E-state index contributed by atoms with van der Waals surface area (Å²) in [7, 11) is 0.